The van der Waals surface area contributed by atoms with Crippen LogP contribution in [0.5, 0.6) is 5.75 Å². The summed E-state index contributed by atoms with van der Waals surface area (Å²) in [7, 11) is 0. The van der Waals surface area contributed by atoms with E-state index in [2.05, 4.69) is 0 Å². The van der Waals surface area contributed by atoms with E-state index in [0.29, 0.717) is 5.75 Å². The van der Waals surface area contributed by atoms with Crippen LogP contribution < -0.4 is 4.74 Å². The van der Waals surface area contributed by atoms with Gasteiger partial charge in [0.25, 0.3) is 0 Å². The van der Waals surface area contributed by atoms with Gasteiger partial charge in [0.15, 0.2) is 0 Å². The molecule has 0 saturated heterocycles. The third-order valence-electron chi connectivity index (χ3n) is 2.88. The molecule has 0 saturated carbocycles. The third-order valence-corrected chi connectivity index (χ3v) is 2.88. The second-order valence-corrected chi connectivity index (χ2v) is 5.28. The number of hydrogen-bond acceptors (Lipinski definition) is 2. The van der Waals surface area contributed by atoms with E-state index >= 15 is 0 Å². The first-order chi connectivity index (χ1) is 8.39. The van der Waals surface area contributed by atoms with Gasteiger partial charge in [0.2, 0.25) is 0 Å². The standard InChI is InChI=1S/C15H16O3/c1-15(2,3)12-9-8-10-6-4-5-7-11(10)13(12)18-14(16)17/h4-9H,1-3H3,(H,16,17). The van der Waals surface area contributed by atoms with Gasteiger partial charge in [-0.2, -0.15) is 0 Å². The van der Waals surface area contributed by atoms with Crippen molar-refractivity contribution in [2.75, 3.05) is 0 Å². The number of benzene rings is 2. The molecule has 2 aromatic carbocycles. The summed E-state index contributed by atoms with van der Waals surface area (Å²) in [4.78, 5) is 10.9. The average molecular weight is 244 g/mol. The van der Waals surface area contributed by atoms with E-state index in [1.165, 1.54) is 0 Å². The summed E-state index contributed by atoms with van der Waals surface area (Å²) in [5.41, 5.74) is 0.720. The zero-order valence-corrected chi connectivity index (χ0v) is 10.7. The molecule has 1 N–H and O–H groups in total. The van der Waals surface area contributed by atoms with Crippen molar-refractivity contribution >= 4 is 16.9 Å². The maximum Gasteiger partial charge on any atom is 0.511 e. The van der Waals surface area contributed by atoms with Gasteiger partial charge in [-0.15, -0.1) is 0 Å². The van der Waals surface area contributed by atoms with Crippen LogP contribution in [0.1, 0.15) is 26.3 Å². The first-order valence-electron chi connectivity index (χ1n) is 5.82. The second-order valence-electron chi connectivity index (χ2n) is 5.28. The number of carboxylic acid groups (broad SMARTS) is 1. The molecule has 0 aliphatic heterocycles. The van der Waals surface area contributed by atoms with Crippen LogP contribution >= 0.6 is 0 Å². The van der Waals surface area contributed by atoms with Gasteiger partial charge in [-0.25, -0.2) is 4.79 Å². The molecule has 18 heavy (non-hydrogen) atoms. The lowest BCUT2D eigenvalue weighted by Gasteiger charge is -2.22. The predicted octanol–water partition coefficient (Wildman–Crippen LogP) is 4.19. The zero-order chi connectivity index (χ0) is 13.3. The highest BCUT2D eigenvalue weighted by Gasteiger charge is 2.22. The molecule has 0 fully saturated rings. The maximum absolute atomic E-state index is 10.9. The van der Waals surface area contributed by atoms with Gasteiger partial charge in [-0.1, -0.05) is 57.2 Å². The van der Waals surface area contributed by atoms with Gasteiger partial charge < -0.3 is 9.84 Å². The van der Waals surface area contributed by atoms with Crippen LogP contribution in [0.25, 0.3) is 10.8 Å². The van der Waals surface area contributed by atoms with Crippen molar-refractivity contribution in [2.24, 2.45) is 0 Å². The van der Waals surface area contributed by atoms with Crippen LogP contribution in [0, 0.1) is 0 Å². The fourth-order valence-corrected chi connectivity index (χ4v) is 2.03. The topological polar surface area (TPSA) is 46.5 Å². The van der Waals surface area contributed by atoms with Crippen molar-refractivity contribution < 1.29 is 14.6 Å². The van der Waals surface area contributed by atoms with Gasteiger partial charge in [0, 0.05) is 10.9 Å². The van der Waals surface area contributed by atoms with Crippen LogP contribution in [0.3, 0.4) is 0 Å². The molecule has 0 aliphatic carbocycles. The van der Waals surface area contributed by atoms with Gasteiger partial charge >= 0.3 is 6.16 Å². The third kappa shape index (κ3) is 2.30. The van der Waals surface area contributed by atoms with E-state index in [1.54, 1.807) is 0 Å². The van der Waals surface area contributed by atoms with E-state index in [0.717, 1.165) is 16.3 Å². The Bertz CT molecular complexity index is 594. The van der Waals surface area contributed by atoms with Crippen LogP contribution in [0.4, 0.5) is 4.79 Å². The van der Waals surface area contributed by atoms with Crippen LogP contribution in [0.15, 0.2) is 36.4 Å². The summed E-state index contributed by atoms with van der Waals surface area (Å²) in [6, 6.07) is 11.5. The van der Waals surface area contributed by atoms with E-state index in [4.69, 9.17) is 9.84 Å². The fraction of sp³-hybridized carbons (Fsp3) is 0.267. The van der Waals surface area contributed by atoms with E-state index in [-0.39, 0.29) is 5.41 Å². The van der Waals surface area contributed by atoms with E-state index in [9.17, 15) is 4.79 Å². The molecule has 0 heterocycles. The molecule has 0 bridgehead atoms. The Morgan fingerprint density at radius 2 is 1.78 bits per heavy atom. The van der Waals surface area contributed by atoms with Gasteiger partial charge in [0.1, 0.15) is 5.75 Å². The molecule has 0 aromatic heterocycles. The van der Waals surface area contributed by atoms with Crippen LogP contribution in [-0.2, 0) is 5.41 Å². The normalized spacial score (nSPS) is 11.5. The van der Waals surface area contributed by atoms with E-state index < -0.39 is 6.16 Å². The summed E-state index contributed by atoms with van der Waals surface area (Å²) in [5, 5.41) is 10.7. The van der Waals surface area contributed by atoms with E-state index in [1.807, 2.05) is 57.2 Å². The highest BCUT2D eigenvalue weighted by molar-refractivity contribution is 5.91. The maximum atomic E-state index is 10.9. The van der Waals surface area contributed by atoms with Gasteiger partial charge in [-0.05, 0) is 10.8 Å². The number of ether oxygens (including phenoxy) is 1. The molecule has 0 spiro atoms. The van der Waals surface area contributed by atoms with Crippen molar-refractivity contribution in [3.63, 3.8) is 0 Å². The lowest BCUT2D eigenvalue weighted by atomic mass is 9.85. The minimum absolute atomic E-state index is 0.172. The Balaban J connectivity index is 2.75. The van der Waals surface area contributed by atoms with Gasteiger partial charge in [0.05, 0.1) is 0 Å². The smallest absolute Gasteiger partial charge is 0.449 e. The predicted molar refractivity (Wildman–Crippen MR) is 71.3 cm³/mol. The lowest BCUT2D eigenvalue weighted by molar-refractivity contribution is 0.144. The Morgan fingerprint density at radius 3 is 2.39 bits per heavy atom. The fourth-order valence-electron chi connectivity index (χ4n) is 2.03. The quantitative estimate of drug-likeness (QED) is 0.604. The summed E-state index contributed by atoms with van der Waals surface area (Å²) in [6.45, 7) is 6.10. The Hall–Kier alpha value is -2.03. The second kappa shape index (κ2) is 4.33. The number of hydrogen-bond donors (Lipinski definition) is 1. The summed E-state index contributed by atoms with van der Waals surface area (Å²) < 4.78 is 5.00. The van der Waals surface area contributed by atoms with Crippen molar-refractivity contribution in [3.05, 3.63) is 42.0 Å². The van der Waals surface area contributed by atoms with Crippen LogP contribution in [-0.4, -0.2) is 11.3 Å². The molecule has 3 nitrogen and oxygen atoms in total. The Morgan fingerprint density at radius 1 is 1.11 bits per heavy atom. The molecule has 94 valence electrons. The molecule has 0 atom stereocenters. The van der Waals surface area contributed by atoms with Crippen molar-refractivity contribution in [3.8, 4) is 5.75 Å². The molecule has 2 aromatic rings. The number of fused-ring (bicyclic) bond motifs is 1. The number of carbonyl (C=O) groups is 1. The van der Waals surface area contributed by atoms with Gasteiger partial charge in [-0.3, -0.25) is 0 Å². The Kier molecular flexibility index (Phi) is 2.99. The first kappa shape index (κ1) is 12.4. The molecule has 0 unspecified atom stereocenters. The molecule has 0 aliphatic rings. The molecule has 2 rings (SSSR count). The van der Waals surface area contributed by atoms with Crippen molar-refractivity contribution in [1.82, 2.24) is 0 Å². The summed E-state index contributed by atoms with van der Waals surface area (Å²) >= 11 is 0. The average Bonchev–Trinajstić information content (AvgIpc) is 2.27. The highest BCUT2D eigenvalue weighted by atomic mass is 16.7. The Labute approximate surface area is 106 Å². The zero-order valence-electron chi connectivity index (χ0n) is 10.7. The minimum Gasteiger partial charge on any atom is -0.449 e. The monoisotopic (exact) mass is 244 g/mol. The first-order valence-corrected chi connectivity index (χ1v) is 5.82. The number of rotatable bonds is 1. The highest BCUT2D eigenvalue weighted by Crippen LogP contribution is 2.37. The molecular formula is C15H16O3. The summed E-state index contributed by atoms with van der Waals surface area (Å²) in [5.74, 6) is 0.438. The molecule has 0 radical (unpaired) electrons. The molecule has 3 heteroatoms. The SMILES string of the molecule is CC(C)(C)c1ccc2ccccc2c1OC(=O)O. The van der Waals surface area contributed by atoms with Crippen molar-refractivity contribution in [2.45, 2.75) is 26.2 Å². The van der Waals surface area contributed by atoms with Crippen molar-refractivity contribution in [1.29, 1.82) is 0 Å². The lowest BCUT2D eigenvalue weighted by Crippen LogP contribution is -2.15. The summed E-state index contributed by atoms with van der Waals surface area (Å²) in [6.07, 6.45) is -1.28. The molecular weight excluding hydrogens is 228 g/mol. The minimum atomic E-state index is -1.28. The largest absolute Gasteiger partial charge is 0.511 e. The molecule has 0 amide bonds. The van der Waals surface area contributed by atoms with Crippen LogP contribution in [0.2, 0.25) is 0 Å².